The van der Waals surface area contributed by atoms with Gasteiger partial charge in [0, 0.05) is 26.0 Å². The highest BCUT2D eigenvalue weighted by molar-refractivity contribution is 5.30. The molecule has 1 aliphatic carbocycles. The highest BCUT2D eigenvalue weighted by Gasteiger charge is 2.38. The van der Waals surface area contributed by atoms with Gasteiger partial charge >= 0.3 is 0 Å². The third-order valence-corrected chi connectivity index (χ3v) is 4.15. The molecule has 0 spiro atoms. The van der Waals surface area contributed by atoms with Gasteiger partial charge in [-0.15, -0.1) is 0 Å². The Kier molecular flexibility index (Phi) is 3.99. The van der Waals surface area contributed by atoms with Gasteiger partial charge in [-0.25, -0.2) is 0 Å². The molecule has 3 rings (SSSR count). The fraction of sp³-hybridized carbons (Fsp3) is 0.667. The number of nitrogens with zero attached hydrogens (tertiary/aromatic N) is 1. The number of pyridine rings is 1. The zero-order valence-corrected chi connectivity index (χ0v) is 11.5. The zero-order chi connectivity index (χ0) is 13.1. The molecule has 1 aromatic rings. The number of aromatic nitrogens is 1. The summed E-state index contributed by atoms with van der Waals surface area (Å²) in [5.74, 6) is 2.34. The first-order valence-corrected chi connectivity index (χ1v) is 7.17. The van der Waals surface area contributed by atoms with E-state index in [-0.39, 0.29) is 0 Å². The molecule has 2 fully saturated rings. The van der Waals surface area contributed by atoms with Gasteiger partial charge in [0.25, 0.3) is 0 Å². The summed E-state index contributed by atoms with van der Waals surface area (Å²) in [7, 11) is 1.77. The van der Waals surface area contributed by atoms with E-state index in [1.165, 1.54) is 18.4 Å². The second kappa shape index (κ2) is 5.88. The van der Waals surface area contributed by atoms with Crippen LogP contribution in [0, 0.1) is 5.92 Å². The third kappa shape index (κ3) is 3.25. The van der Waals surface area contributed by atoms with E-state index in [0.717, 1.165) is 37.8 Å². The predicted octanol–water partition coefficient (Wildman–Crippen LogP) is 1.96. The Balaban J connectivity index is 1.51. The van der Waals surface area contributed by atoms with Crippen LogP contribution in [-0.4, -0.2) is 37.9 Å². The lowest BCUT2D eigenvalue weighted by atomic mass is 10.1. The van der Waals surface area contributed by atoms with Crippen molar-refractivity contribution in [2.24, 2.45) is 5.92 Å². The molecule has 4 nitrogen and oxygen atoms in total. The minimum atomic E-state index is 0.527. The van der Waals surface area contributed by atoms with Crippen molar-refractivity contribution in [2.75, 3.05) is 26.9 Å². The van der Waals surface area contributed by atoms with Crippen molar-refractivity contribution in [1.82, 2.24) is 10.3 Å². The summed E-state index contributed by atoms with van der Waals surface area (Å²) in [6.07, 6.45) is 7.42. The summed E-state index contributed by atoms with van der Waals surface area (Å²) in [4.78, 5) is 4.31. The smallest absolute Gasteiger partial charge is 0.137 e. The third-order valence-electron chi connectivity index (χ3n) is 4.15. The van der Waals surface area contributed by atoms with Gasteiger partial charge in [-0.2, -0.15) is 0 Å². The van der Waals surface area contributed by atoms with E-state index in [0.29, 0.717) is 12.0 Å². The minimum absolute atomic E-state index is 0.527. The number of hydrogen-bond donors (Lipinski definition) is 1. The Morgan fingerprint density at radius 1 is 1.42 bits per heavy atom. The first-order chi connectivity index (χ1) is 9.36. The van der Waals surface area contributed by atoms with Crippen molar-refractivity contribution in [3.8, 4) is 5.75 Å². The lowest BCUT2D eigenvalue weighted by molar-refractivity contribution is 0.189. The normalized spacial score (nSPS) is 28.8. The fourth-order valence-corrected chi connectivity index (χ4v) is 2.65. The second-order valence-corrected chi connectivity index (χ2v) is 5.59. The quantitative estimate of drug-likeness (QED) is 0.816. The van der Waals surface area contributed by atoms with Crippen molar-refractivity contribution in [2.45, 2.75) is 31.2 Å². The molecule has 4 heteroatoms. The zero-order valence-electron chi connectivity index (χ0n) is 11.5. The van der Waals surface area contributed by atoms with Crippen LogP contribution < -0.4 is 10.1 Å². The number of nitrogens with one attached hydrogen (secondary N) is 1. The summed E-state index contributed by atoms with van der Waals surface area (Å²) in [6.45, 7) is 2.73. The molecule has 1 saturated heterocycles. The molecule has 0 amide bonds. The second-order valence-electron chi connectivity index (χ2n) is 5.59. The van der Waals surface area contributed by atoms with E-state index in [2.05, 4.69) is 16.4 Å². The Labute approximate surface area is 114 Å². The molecule has 19 heavy (non-hydrogen) atoms. The Bertz CT molecular complexity index is 420. The average molecular weight is 262 g/mol. The van der Waals surface area contributed by atoms with E-state index in [1.807, 2.05) is 12.4 Å². The lowest BCUT2D eigenvalue weighted by Crippen LogP contribution is -2.46. The summed E-state index contributed by atoms with van der Waals surface area (Å²) in [5, 5.41) is 3.34. The Morgan fingerprint density at radius 3 is 3.05 bits per heavy atom. The Hall–Kier alpha value is -1.13. The highest BCUT2D eigenvalue weighted by Crippen LogP contribution is 2.49. The molecule has 1 N–H and O–H groups in total. The van der Waals surface area contributed by atoms with E-state index in [1.54, 1.807) is 7.11 Å². The molecule has 1 aromatic heterocycles. The van der Waals surface area contributed by atoms with Crippen molar-refractivity contribution in [3.05, 3.63) is 24.0 Å². The maximum Gasteiger partial charge on any atom is 0.137 e. The lowest BCUT2D eigenvalue weighted by Gasteiger charge is -2.27. The summed E-state index contributed by atoms with van der Waals surface area (Å²) in [6, 6.07) is 2.68. The molecule has 2 heterocycles. The minimum Gasteiger partial charge on any atom is -0.490 e. The van der Waals surface area contributed by atoms with E-state index in [4.69, 9.17) is 9.47 Å². The monoisotopic (exact) mass is 262 g/mol. The topological polar surface area (TPSA) is 43.4 Å². The molecule has 0 radical (unpaired) electrons. The Morgan fingerprint density at radius 2 is 2.32 bits per heavy atom. The standard InChI is InChI=1S/C15H22N2O2/c1-18-5-3-11-7-15(11)12-6-14(9-16-8-12)19-10-13-2-4-17-13/h6,8-9,11,13,15,17H,2-5,7,10H2,1H3/t11-,13+,15+/m1/s1. The van der Waals surface area contributed by atoms with Gasteiger partial charge < -0.3 is 14.8 Å². The van der Waals surface area contributed by atoms with Crippen LogP contribution in [-0.2, 0) is 4.74 Å². The first-order valence-electron chi connectivity index (χ1n) is 7.17. The van der Waals surface area contributed by atoms with Crippen molar-refractivity contribution in [3.63, 3.8) is 0 Å². The van der Waals surface area contributed by atoms with E-state index >= 15 is 0 Å². The van der Waals surface area contributed by atoms with E-state index < -0.39 is 0 Å². The van der Waals surface area contributed by atoms with Crippen LogP contribution in [0.3, 0.4) is 0 Å². The molecular formula is C15H22N2O2. The molecule has 3 atom stereocenters. The van der Waals surface area contributed by atoms with E-state index in [9.17, 15) is 0 Å². The number of rotatable bonds is 7. The van der Waals surface area contributed by atoms with Crippen LogP contribution in [0.5, 0.6) is 5.75 Å². The van der Waals surface area contributed by atoms with Gasteiger partial charge in [-0.3, -0.25) is 4.98 Å². The van der Waals surface area contributed by atoms with Crippen LogP contribution >= 0.6 is 0 Å². The van der Waals surface area contributed by atoms with Gasteiger partial charge in [-0.05, 0) is 49.3 Å². The van der Waals surface area contributed by atoms with Gasteiger partial charge in [-0.1, -0.05) is 0 Å². The maximum atomic E-state index is 5.80. The molecule has 1 saturated carbocycles. The molecule has 2 aliphatic rings. The van der Waals surface area contributed by atoms with Crippen molar-refractivity contribution >= 4 is 0 Å². The largest absolute Gasteiger partial charge is 0.490 e. The number of methoxy groups -OCH3 is 1. The summed E-state index contributed by atoms with van der Waals surface area (Å²) in [5.41, 5.74) is 1.32. The SMILES string of the molecule is COCC[C@@H]1C[C@@H]1c1cncc(OC[C@@H]2CCN2)c1. The predicted molar refractivity (Wildman–Crippen MR) is 73.5 cm³/mol. The van der Waals surface area contributed by atoms with Gasteiger partial charge in [0.2, 0.25) is 0 Å². The van der Waals surface area contributed by atoms with Crippen molar-refractivity contribution < 1.29 is 9.47 Å². The maximum absolute atomic E-state index is 5.80. The van der Waals surface area contributed by atoms with Crippen LogP contribution in [0.15, 0.2) is 18.5 Å². The van der Waals surface area contributed by atoms with Crippen LogP contribution in [0.4, 0.5) is 0 Å². The molecule has 0 aromatic carbocycles. The highest BCUT2D eigenvalue weighted by atomic mass is 16.5. The molecule has 1 aliphatic heterocycles. The van der Waals surface area contributed by atoms with Crippen LogP contribution in [0.25, 0.3) is 0 Å². The molecule has 0 unspecified atom stereocenters. The molecule has 0 bridgehead atoms. The van der Waals surface area contributed by atoms with Crippen molar-refractivity contribution in [1.29, 1.82) is 0 Å². The number of hydrogen-bond acceptors (Lipinski definition) is 4. The summed E-state index contributed by atoms with van der Waals surface area (Å²) >= 11 is 0. The molecular weight excluding hydrogens is 240 g/mol. The van der Waals surface area contributed by atoms with Gasteiger partial charge in [0.1, 0.15) is 12.4 Å². The first kappa shape index (κ1) is 12.9. The fourth-order valence-electron chi connectivity index (χ4n) is 2.65. The molecule has 104 valence electrons. The van der Waals surface area contributed by atoms with Gasteiger partial charge in [0.05, 0.1) is 6.20 Å². The van der Waals surface area contributed by atoms with Crippen LogP contribution in [0.2, 0.25) is 0 Å². The number of ether oxygens (including phenoxy) is 2. The van der Waals surface area contributed by atoms with Crippen LogP contribution in [0.1, 0.15) is 30.7 Å². The summed E-state index contributed by atoms with van der Waals surface area (Å²) < 4.78 is 10.9. The average Bonchev–Trinajstić information content (AvgIpc) is 3.14. The van der Waals surface area contributed by atoms with Gasteiger partial charge in [0.15, 0.2) is 0 Å².